The van der Waals surface area contributed by atoms with Crippen molar-refractivity contribution in [2.45, 2.75) is 13.0 Å². The molecule has 0 bridgehead atoms. The van der Waals surface area contributed by atoms with Crippen molar-refractivity contribution >= 4 is 11.3 Å². The predicted octanol–water partition coefficient (Wildman–Crippen LogP) is 0.343. The second kappa shape index (κ2) is 6.98. The maximum absolute atomic E-state index is 9.01. The molecule has 1 aromatic heterocycles. The summed E-state index contributed by atoms with van der Waals surface area (Å²) in [5.41, 5.74) is 7.02. The standard InChI is InChI=1S/C11H20N2O2S/c1-9-2-7-16-11(9)10(8-12)13(3-5-14)4-6-15/h2,7,10,14-15H,3-6,8,12H2,1H3. The van der Waals surface area contributed by atoms with Crippen molar-refractivity contribution < 1.29 is 10.2 Å². The summed E-state index contributed by atoms with van der Waals surface area (Å²) in [6.45, 7) is 3.81. The first-order chi connectivity index (χ1) is 7.74. The molecule has 0 spiro atoms. The fourth-order valence-corrected chi connectivity index (χ4v) is 2.90. The van der Waals surface area contributed by atoms with Gasteiger partial charge >= 0.3 is 0 Å². The van der Waals surface area contributed by atoms with Gasteiger partial charge in [0.05, 0.1) is 19.3 Å². The number of aryl methyl sites for hydroxylation is 1. The van der Waals surface area contributed by atoms with Crippen LogP contribution < -0.4 is 5.73 Å². The molecule has 0 saturated carbocycles. The summed E-state index contributed by atoms with van der Waals surface area (Å²) in [6, 6.07) is 2.16. The van der Waals surface area contributed by atoms with Crippen LogP contribution in [0, 0.1) is 6.92 Å². The Balaban J connectivity index is 2.81. The van der Waals surface area contributed by atoms with Crippen LogP contribution in [0.5, 0.6) is 0 Å². The van der Waals surface area contributed by atoms with Gasteiger partial charge in [-0.25, -0.2) is 0 Å². The molecule has 1 heterocycles. The van der Waals surface area contributed by atoms with Gasteiger partial charge in [0.25, 0.3) is 0 Å². The third-order valence-corrected chi connectivity index (χ3v) is 3.76. The van der Waals surface area contributed by atoms with E-state index >= 15 is 0 Å². The molecule has 0 saturated heterocycles. The van der Waals surface area contributed by atoms with Crippen molar-refractivity contribution in [3.05, 3.63) is 21.9 Å². The Morgan fingerprint density at radius 3 is 2.38 bits per heavy atom. The first-order valence-corrected chi connectivity index (χ1v) is 6.32. The van der Waals surface area contributed by atoms with Gasteiger partial charge < -0.3 is 15.9 Å². The van der Waals surface area contributed by atoms with Crippen molar-refractivity contribution in [2.75, 3.05) is 32.8 Å². The Morgan fingerprint density at radius 2 is 2.00 bits per heavy atom. The first-order valence-electron chi connectivity index (χ1n) is 5.44. The highest BCUT2D eigenvalue weighted by Crippen LogP contribution is 2.27. The Bertz CT molecular complexity index is 298. The molecular formula is C11H20N2O2S. The number of aliphatic hydroxyl groups excluding tert-OH is 2. The van der Waals surface area contributed by atoms with E-state index in [0.29, 0.717) is 19.6 Å². The Morgan fingerprint density at radius 1 is 1.38 bits per heavy atom. The van der Waals surface area contributed by atoms with Gasteiger partial charge in [0.15, 0.2) is 0 Å². The first kappa shape index (κ1) is 13.6. The maximum Gasteiger partial charge on any atom is 0.0568 e. The molecule has 0 radical (unpaired) electrons. The third kappa shape index (κ3) is 3.26. The average molecular weight is 244 g/mol. The van der Waals surface area contributed by atoms with E-state index in [1.165, 1.54) is 10.4 Å². The van der Waals surface area contributed by atoms with Gasteiger partial charge in [-0.1, -0.05) is 0 Å². The molecule has 1 unspecified atom stereocenters. The summed E-state index contributed by atoms with van der Waals surface area (Å²) in [6.07, 6.45) is 0. The van der Waals surface area contributed by atoms with Gasteiger partial charge in [-0.2, -0.15) is 0 Å². The van der Waals surface area contributed by atoms with Crippen molar-refractivity contribution in [3.8, 4) is 0 Å². The molecule has 1 atom stereocenters. The van der Waals surface area contributed by atoms with E-state index in [-0.39, 0.29) is 19.3 Å². The van der Waals surface area contributed by atoms with Crippen molar-refractivity contribution in [2.24, 2.45) is 5.73 Å². The van der Waals surface area contributed by atoms with Crippen LogP contribution in [0.1, 0.15) is 16.5 Å². The highest BCUT2D eigenvalue weighted by Gasteiger charge is 2.20. The third-order valence-electron chi connectivity index (χ3n) is 2.64. The zero-order valence-corrected chi connectivity index (χ0v) is 10.4. The van der Waals surface area contributed by atoms with E-state index in [1.807, 2.05) is 10.3 Å². The second-order valence-corrected chi connectivity index (χ2v) is 4.65. The minimum Gasteiger partial charge on any atom is -0.395 e. The lowest BCUT2D eigenvalue weighted by atomic mass is 10.1. The van der Waals surface area contributed by atoms with Crippen molar-refractivity contribution in [3.63, 3.8) is 0 Å². The van der Waals surface area contributed by atoms with Crippen LogP contribution in [0.2, 0.25) is 0 Å². The number of rotatable bonds is 7. The predicted molar refractivity (Wildman–Crippen MR) is 66.6 cm³/mol. The summed E-state index contributed by atoms with van der Waals surface area (Å²) in [7, 11) is 0. The maximum atomic E-state index is 9.01. The van der Waals surface area contributed by atoms with Gasteiger partial charge in [-0.05, 0) is 23.9 Å². The molecule has 5 heteroatoms. The summed E-state index contributed by atoms with van der Waals surface area (Å²) in [5.74, 6) is 0. The molecule has 1 aromatic rings. The van der Waals surface area contributed by atoms with Crippen molar-refractivity contribution in [1.82, 2.24) is 4.90 Å². The van der Waals surface area contributed by atoms with Gasteiger partial charge in [0, 0.05) is 24.5 Å². The quantitative estimate of drug-likeness (QED) is 0.647. The van der Waals surface area contributed by atoms with Gasteiger partial charge in [0.2, 0.25) is 0 Å². The number of hydrogen-bond donors (Lipinski definition) is 3. The zero-order chi connectivity index (χ0) is 12.0. The lowest BCUT2D eigenvalue weighted by Crippen LogP contribution is -2.37. The lowest BCUT2D eigenvalue weighted by Gasteiger charge is -2.29. The largest absolute Gasteiger partial charge is 0.395 e. The van der Waals surface area contributed by atoms with Crippen LogP contribution in [0.25, 0.3) is 0 Å². The molecule has 0 aromatic carbocycles. The molecule has 92 valence electrons. The van der Waals surface area contributed by atoms with E-state index in [9.17, 15) is 0 Å². The lowest BCUT2D eigenvalue weighted by molar-refractivity contribution is 0.125. The molecule has 0 aliphatic heterocycles. The van der Waals surface area contributed by atoms with E-state index < -0.39 is 0 Å². The number of nitrogens with zero attached hydrogens (tertiary/aromatic N) is 1. The molecule has 16 heavy (non-hydrogen) atoms. The topological polar surface area (TPSA) is 69.7 Å². The van der Waals surface area contributed by atoms with Crippen LogP contribution in [0.3, 0.4) is 0 Å². The van der Waals surface area contributed by atoms with E-state index in [0.717, 1.165) is 0 Å². The number of aliphatic hydroxyl groups is 2. The molecule has 0 aliphatic rings. The SMILES string of the molecule is Cc1ccsc1C(CN)N(CCO)CCO. The molecular weight excluding hydrogens is 224 g/mol. The minimum atomic E-state index is 0.0842. The summed E-state index contributed by atoms with van der Waals surface area (Å²) in [4.78, 5) is 3.25. The van der Waals surface area contributed by atoms with Gasteiger partial charge in [-0.3, -0.25) is 4.90 Å². The van der Waals surface area contributed by atoms with Crippen molar-refractivity contribution in [1.29, 1.82) is 0 Å². The zero-order valence-electron chi connectivity index (χ0n) is 9.59. The van der Waals surface area contributed by atoms with E-state index in [4.69, 9.17) is 15.9 Å². The fraction of sp³-hybridized carbons (Fsp3) is 0.636. The Kier molecular flexibility index (Phi) is 5.94. The van der Waals surface area contributed by atoms with Gasteiger partial charge in [-0.15, -0.1) is 11.3 Å². The summed E-state index contributed by atoms with van der Waals surface area (Å²) >= 11 is 1.68. The Labute approximate surface area is 100 Å². The van der Waals surface area contributed by atoms with Crippen LogP contribution in [0.15, 0.2) is 11.4 Å². The molecule has 0 amide bonds. The summed E-state index contributed by atoms with van der Waals surface area (Å²) < 4.78 is 0. The minimum absolute atomic E-state index is 0.0842. The second-order valence-electron chi connectivity index (χ2n) is 3.70. The van der Waals surface area contributed by atoms with Crippen LogP contribution in [-0.2, 0) is 0 Å². The molecule has 0 aliphatic carbocycles. The van der Waals surface area contributed by atoms with E-state index in [2.05, 4.69) is 13.0 Å². The monoisotopic (exact) mass is 244 g/mol. The van der Waals surface area contributed by atoms with Crippen LogP contribution in [-0.4, -0.2) is 48.0 Å². The smallest absolute Gasteiger partial charge is 0.0568 e. The summed E-state index contributed by atoms with van der Waals surface area (Å²) in [5, 5.41) is 20.1. The molecule has 0 fully saturated rings. The van der Waals surface area contributed by atoms with E-state index in [1.54, 1.807) is 11.3 Å². The normalized spacial score (nSPS) is 13.3. The number of nitrogens with two attached hydrogens (primary N) is 1. The molecule has 4 N–H and O–H groups in total. The highest BCUT2D eigenvalue weighted by molar-refractivity contribution is 7.10. The number of hydrogen-bond acceptors (Lipinski definition) is 5. The Hall–Kier alpha value is -0.460. The molecule has 1 rings (SSSR count). The van der Waals surface area contributed by atoms with Gasteiger partial charge in [0.1, 0.15) is 0 Å². The van der Waals surface area contributed by atoms with Crippen LogP contribution >= 0.6 is 11.3 Å². The average Bonchev–Trinajstić information content (AvgIpc) is 2.67. The fourth-order valence-electron chi connectivity index (χ4n) is 1.83. The molecule has 4 nitrogen and oxygen atoms in total. The van der Waals surface area contributed by atoms with Crippen LogP contribution in [0.4, 0.5) is 0 Å². The number of thiophene rings is 1. The highest BCUT2D eigenvalue weighted by atomic mass is 32.1.